The average molecular weight is 257 g/mol. The Bertz CT molecular complexity index is 627. The van der Waals surface area contributed by atoms with E-state index in [0.29, 0.717) is 5.57 Å². The predicted molar refractivity (Wildman–Crippen MR) is 76.8 cm³/mol. The number of nitrogens with one attached hydrogen (secondary N) is 1. The Morgan fingerprint density at radius 2 is 2.16 bits per heavy atom. The van der Waals surface area contributed by atoms with Crippen molar-refractivity contribution in [1.82, 2.24) is 14.9 Å². The number of fused-ring (bicyclic) bond motifs is 1. The van der Waals surface area contributed by atoms with Crippen molar-refractivity contribution in [2.45, 2.75) is 33.4 Å². The standard InChI is InChI=1S/C15H19N3O/c1-5-18-13-9-7-6-8-12(13)17-14(18)11(4)16-15(19)10(2)3/h6-9,11H,2,5H2,1,3-4H3,(H,16,19). The van der Waals surface area contributed by atoms with Crippen LogP contribution in [0.3, 0.4) is 0 Å². The highest BCUT2D eigenvalue weighted by Crippen LogP contribution is 2.20. The van der Waals surface area contributed by atoms with Crippen molar-refractivity contribution >= 4 is 16.9 Å². The molecule has 4 nitrogen and oxygen atoms in total. The molecular weight excluding hydrogens is 238 g/mol. The number of rotatable bonds is 4. The zero-order chi connectivity index (χ0) is 14.0. The quantitative estimate of drug-likeness (QED) is 0.856. The van der Waals surface area contributed by atoms with Crippen molar-refractivity contribution in [3.8, 4) is 0 Å². The monoisotopic (exact) mass is 257 g/mol. The number of carbonyl (C=O) groups is 1. The first-order valence-electron chi connectivity index (χ1n) is 6.46. The molecule has 100 valence electrons. The molecular formula is C15H19N3O. The average Bonchev–Trinajstić information content (AvgIpc) is 2.76. The molecule has 4 heteroatoms. The number of hydrogen-bond donors (Lipinski definition) is 1. The van der Waals surface area contributed by atoms with Gasteiger partial charge in [-0.15, -0.1) is 0 Å². The van der Waals surface area contributed by atoms with Gasteiger partial charge in [0.2, 0.25) is 5.91 Å². The van der Waals surface area contributed by atoms with Crippen LogP contribution in [0.2, 0.25) is 0 Å². The molecule has 0 saturated carbocycles. The van der Waals surface area contributed by atoms with Crippen LogP contribution in [0, 0.1) is 0 Å². The molecule has 0 radical (unpaired) electrons. The lowest BCUT2D eigenvalue weighted by atomic mass is 10.2. The van der Waals surface area contributed by atoms with Crippen LogP contribution in [-0.2, 0) is 11.3 Å². The van der Waals surface area contributed by atoms with Crippen molar-refractivity contribution in [3.05, 3.63) is 42.2 Å². The van der Waals surface area contributed by atoms with Crippen molar-refractivity contribution in [1.29, 1.82) is 0 Å². The zero-order valence-electron chi connectivity index (χ0n) is 11.6. The highest BCUT2D eigenvalue weighted by molar-refractivity contribution is 5.92. The third-order valence-corrected chi connectivity index (χ3v) is 3.12. The van der Waals surface area contributed by atoms with Gasteiger partial charge in [-0.2, -0.15) is 0 Å². The minimum Gasteiger partial charge on any atom is -0.343 e. The maximum absolute atomic E-state index is 11.7. The molecule has 2 rings (SSSR count). The van der Waals surface area contributed by atoms with Gasteiger partial charge in [0.15, 0.2) is 0 Å². The summed E-state index contributed by atoms with van der Waals surface area (Å²) in [6.07, 6.45) is 0. The van der Waals surface area contributed by atoms with Gasteiger partial charge in [-0.25, -0.2) is 4.98 Å². The van der Waals surface area contributed by atoms with Gasteiger partial charge in [0.25, 0.3) is 0 Å². The van der Waals surface area contributed by atoms with E-state index in [4.69, 9.17) is 0 Å². The molecule has 0 aliphatic rings. The van der Waals surface area contributed by atoms with E-state index in [2.05, 4.69) is 28.4 Å². The van der Waals surface area contributed by atoms with Gasteiger partial charge in [0.05, 0.1) is 17.1 Å². The van der Waals surface area contributed by atoms with Gasteiger partial charge < -0.3 is 9.88 Å². The summed E-state index contributed by atoms with van der Waals surface area (Å²) in [4.78, 5) is 16.3. The van der Waals surface area contributed by atoms with Crippen molar-refractivity contribution in [2.24, 2.45) is 0 Å². The topological polar surface area (TPSA) is 46.9 Å². The molecule has 0 saturated heterocycles. The number of aryl methyl sites for hydroxylation is 1. The third-order valence-electron chi connectivity index (χ3n) is 3.12. The van der Waals surface area contributed by atoms with Gasteiger partial charge in [-0.3, -0.25) is 4.79 Å². The molecule has 0 bridgehead atoms. The number of carbonyl (C=O) groups excluding carboxylic acids is 1. The van der Waals surface area contributed by atoms with Crippen LogP contribution in [0.4, 0.5) is 0 Å². The van der Waals surface area contributed by atoms with Crippen molar-refractivity contribution in [2.75, 3.05) is 0 Å². The Hall–Kier alpha value is -2.10. The van der Waals surface area contributed by atoms with E-state index in [9.17, 15) is 4.79 Å². The summed E-state index contributed by atoms with van der Waals surface area (Å²) < 4.78 is 2.12. The minimum atomic E-state index is -0.142. The number of hydrogen-bond acceptors (Lipinski definition) is 2. The Labute approximate surface area is 113 Å². The smallest absolute Gasteiger partial charge is 0.246 e. The van der Waals surface area contributed by atoms with E-state index in [1.165, 1.54) is 0 Å². The van der Waals surface area contributed by atoms with E-state index < -0.39 is 0 Å². The van der Waals surface area contributed by atoms with Crippen LogP contribution in [0.25, 0.3) is 11.0 Å². The van der Waals surface area contributed by atoms with Crippen LogP contribution in [-0.4, -0.2) is 15.5 Å². The fraction of sp³-hybridized carbons (Fsp3) is 0.333. The van der Waals surface area contributed by atoms with Gasteiger partial charge in [0.1, 0.15) is 5.82 Å². The van der Waals surface area contributed by atoms with Gasteiger partial charge in [-0.05, 0) is 32.9 Å². The van der Waals surface area contributed by atoms with Crippen LogP contribution < -0.4 is 5.32 Å². The maximum atomic E-state index is 11.7. The zero-order valence-corrected chi connectivity index (χ0v) is 11.6. The normalized spacial score (nSPS) is 12.4. The van der Waals surface area contributed by atoms with Gasteiger partial charge in [0, 0.05) is 12.1 Å². The Morgan fingerprint density at radius 1 is 1.47 bits per heavy atom. The number of benzene rings is 1. The molecule has 1 aromatic heterocycles. The van der Waals surface area contributed by atoms with E-state index in [-0.39, 0.29) is 11.9 Å². The third kappa shape index (κ3) is 2.52. The molecule has 0 aliphatic heterocycles. The van der Waals surface area contributed by atoms with E-state index in [1.807, 2.05) is 31.2 Å². The number of amides is 1. The lowest BCUT2D eigenvalue weighted by Gasteiger charge is -2.15. The van der Waals surface area contributed by atoms with Crippen LogP contribution in [0.15, 0.2) is 36.4 Å². The van der Waals surface area contributed by atoms with Crippen molar-refractivity contribution < 1.29 is 4.79 Å². The molecule has 0 fully saturated rings. The largest absolute Gasteiger partial charge is 0.343 e. The molecule has 1 unspecified atom stereocenters. The Kier molecular flexibility index (Phi) is 3.69. The summed E-state index contributed by atoms with van der Waals surface area (Å²) in [5, 5.41) is 2.91. The lowest BCUT2D eigenvalue weighted by Crippen LogP contribution is -2.28. The fourth-order valence-corrected chi connectivity index (χ4v) is 2.14. The Morgan fingerprint density at radius 3 is 2.79 bits per heavy atom. The van der Waals surface area contributed by atoms with E-state index in [1.54, 1.807) is 6.92 Å². The second-order valence-corrected chi connectivity index (χ2v) is 4.68. The molecule has 0 spiro atoms. The summed E-state index contributed by atoms with van der Waals surface area (Å²) >= 11 is 0. The molecule has 2 aromatic rings. The first kappa shape index (κ1) is 13.3. The van der Waals surface area contributed by atoms with Gasteiger partial charge in [-0.1, -0.05) is 18.7 Å². The van der Waals surface area contributed by atoms with Gasteiger partial charge >= 0.3 is 0 Å². The summed E-state index contributed by atoms with van der Waals surface area (Å²) in [7, 11) is 0. The number of imidazole rings is 1. The first-order chi connectivity index (χ1) is 9.04. The van der Waals surface area contributed by atoms with Crippen LogP contribution in [0.5, 0.6) is 0 Å². The molecule has 1 amide bonds. The molecule has 1 atom stereocenters. The van der Waals surface area contributed by atoms with E-state index >= 15 is 0 Å². The summed E-state index contributed by atoms with van der Waals surface area (Å²) in [5.74, 6) is 0.737. The van der Waals surface area contributed by atoms with Crippen LogP contribution >= 0.6 is 0 Å². The number of nitrogens with zero attached hydrogens (tertiary/aromatic N) is 2. The fourth-order valence-electron chi connectivity index (χ4n) is 2.14. The van der Waals surface area contributed by atoms with Crippen LogP contribution in [0.1, 0.15) is 32.6 Å². The number of para-hydroxylation sites is 2. The lowest BCUT2D eigenvalue weighted by molar-refractivity contribution is -0.118. The summed E-state index contributed by atoms with van der Waals surface area (Å²) in [6, 6.07) is 7.85. The SMILES string of the molecule is C=C(C)C(=O)NC(C)c1nc2ccccc2n1CC. The predicted octanol–water partition coefficient (Wildman–Crippen LogP) is 2.81. The maximum Gasteiger partial charge on any atom is 0.246 e. The molecule has 19 heavy (non-hydrogen) atoms. The second-order valence-electron chi connectivity index (χ2n) is 4.68. The second kappa shape index (κ2) is 5.26. The summed E-state index contributed by atoms with van der Waals surface area (Å²) in [5.41, 5.74) is 2.55. The molecule has 1 N–H and O–H groups in total. The highest BCUT2D eigenvalue weighted by Gasteiger charge is 2.17. The highest BCUT2D eigenvalue weighted by atomic mass is 16.1. The number of aromatic nitrogens is 2. The minimum absolute atomic E-state index is 0.137. The van der Waals surface area contributed by atoms with E-state index in [0.717, 1.165) is 23.4 Å². The first-order valence-corrected chi connectivity index (χ1v) is 6.46. The van der Waals surface area contributed by atoms with Crippen molar-refractivity contribution in [3.63, 3.8) is 0 Å². The molecule has 1 heterocycles. The Balaban J connectivity index is 2.38. The molecule has 1 aromatic carbocycles. The summed E-state index contributed by atoms with van der Waals surface area (Å²) in [6.45, 7) is 10.2. The molecule has 0 aliphatic carbocycles.